The minimum Gasteiger partial charge on any atom is -0.375 e. The van der Waals surface area contributed by atoms with Gasteiger partial charge in [-0.1, -0.05) is 47.5 Å². The third kappa shape index (κ3) is 3.23. The van der Waals surface area contributed by atoms with Gasteiger partial charge in [-0.15, -0.1) is 0 Å². The summed E-state index contributed by atoms with van der Waals surface area (Å²) >= 11 is 5.85. The molecule has 0 aliphatic rings. The fraction of sp³-hybridized carbons (Fsp3) is 0.143. The molecule has 98 valence electrons. The number of aryl methyl sites for hydroxylation is 1. The van der Waals surface area contributed by atoms with Crippen LogP contribution in [0.15, 0.2) is 42.5 Å². The fourth-order valence-electron chi connectivity index (χ4n) is 1.86. The Labute approximate surface area is 116 Å². The fourth-order valence-corrected chi connectivity index (χ4v) is 2.11. The van der Waals surface area contributed by atoms with Crippen LogP contribution in [0.3, 0.4) is 0 Å². The molecule has 0 spiro atoms. The predicted octanol–water partition coefficient (Wildman–Crippen LogP) is 4.17. The first-order valence-electron chi connectivity index (χ1n) is 5.80. The summed E-state index contributed by atoms with van der Waals surface area (Å²) in [6, 6.07) is 12.8. The lowest BCUT2D eigenvalue weighted by Gasteiger charge is -2.08. The lowest BCUT2D eigenvalue weighted by molar-refractivity contribution is -0.383. The van der Waals surface area contributed by atoms with Crippen LogP contribution in [0.4, 0.5) is 11.4 Å². The Morgan fingerprint density at radius 3 is 2.68 bits per heavy atom. The molecule has 0 aromatic heterocycles. The summed E-state index contributed by atoms with van der Waals surface area (Å²) in [5.74, 6) is 0. The number of nitro groups is 1. The van der Waals surface area contributed by atoms with Gasteiger partial charge >= 0.3 is 5.69 Å². The van der Waals surface area contributed by atoms with E-state index in [2.05, 4.69) is 5.32 Å². The van der Waals surface area contributed by atoms with Crippen molar-refractivity contribution in [2.45, 2.75) is 13.5 Å². The van der Waals surface area contributed by atoms with Crippen LogP contribution in [0.25, 0.3) is 0 Å². The molecule has 19 heavy (non-hydrogen) atoms. The summed E-state index contributed by atoms with van der Waals surface area (Å²) in [6.07, 6.45) is 0. The molecule has 4 nitrogen and oxygen atoms in total. The highest BCUT2D eigenvalue weighted by Gasteiger charge is 2.17. The standard InChI is InChI=1S/C14H13ClN2O2/c1-10-4-2-5-11(8-10)9-16-13-7-3-6-12(15)14(13)17(18)19/h2-8,16H,9H2,1H3. The molecule has 0 fully saturated rings. The van der Waals surface area contributed by atoms with Crippen molar-refractivity contribution in [1.29, 1.82) is 0 Å². The third-order valence-electron chi connectivity index (χ3n) is 2.73. The van der Waals surface area contributed by atoms with E-state index >= 15 is 0 Å². The van der Waals surface area contributed by atoms with Gasteiger partial charge in [0.1, 0.15) is 10.7 Å². The van der Waals surface area contributed by atoms with Crippen LogP contribution >= 0.6 is 11.6 Å². The minimum atomic E-state index is -0.471. The lowest BCUT2D eigenvalue weighted by atomic mass is 10.1. The Bertz CT molecular complexity index is 614. The number of para-hydroxylation sites is 1. The number of rotatable bonds is 4. The number of halogens is 1. The van der Waals surface area contributed by atoms with Crippen LogP contribution < -0.4 is 5.32 Å². The van der Waals surface area contributed by atoms with Gasteiger partial charge in [-0.05, 0) is 24.6 Å². The lowest BCUT2D eigenvalue weighted by Crippen LogP contribution is -2.03. The molecule has 0 unspecified atom stereocenters. The van der Waals surface area contributed by atoms with Crippen LogP contribution in [0, 0.1) is 17.0 Å². The first-order valence-corrected chi connectivity index (χ1v) is 6.18. The van der Waals surface area contributed by atoms with Crippen molar-refractivity contribution in [3.63, 3.8) is 0 Å². The van der Waals surface area contributed by atoms with E-state index in [0.29, 0.717) is 12.2 Å². The molecule has 0 bridgehead atoms. The van der Waals surface area contributed by atoms with E-state index in [1.165, 1.54) is 6.07 Å². The molecule has 2 rings (SSSR count). The van der Waals surface area contributed by atoms with Crippen molar-refractivity contribution in [1.82, 2.24) is 0 Å². The highest BCUT2D eigenvalue weighted by Crippen LogP contribution is 2.32. The van der Waals surface area contributed by atoms with Gasteiger partial charge in [-0.3, -0.25) is 10.1 Å². The average Bonchev–Trinajstić information content (AvgIpc) is 2.36. The molecule has 2 aromatic rings. The molecule has 0 heterocycles. The highest BCUT2D eigenvalue weighted by molar-refractivity contribution is 6.33. The summed E-state index contributed by atoms with van der Waals surface area (Å²) in [4.78, 5) is 10.5. The largest absolute Gasteiger partial charge is 0.375 e. The van der Waals surface area contributed by atoms with E-state index in [1.807, 2.05) is 31.2 Å². The number of nitro benzene ring substituents is 1. The molecule has 0 saturated carbocycles. The van der Waals surface area contributed by atoms with Crippen molar-refractivity contribution >= 4 is 23.0 Å². The molecular weight excluding hydrogens is 264 g/mol. The van der Waals surface area contributed by atoms with Gasteiger partial charge in [0.25, 0.3) is 0 Å². The summed E-state index contributed by atoms with van der Waals surface area (Å²) in [7, 11) is 0. The second kappa shape index (κ2) is 5.71. The molecule has 0 aliphatic carbocycles. The zero-order chi connectivity index (χ0) is 13.8. The molecule has 0 aliphatic heterocycles. The van der Waals surface area contributed by atoms with Gasteiger partial charge < -0.3 is 5.32 Å². The van der Waals surface area contributed by atoms with E-state index in [-0.39, 0.29) is 10.7 Å². The zero-order valence-electron chi connectivity index (χ0n) is 10.4. The van der Waals surface area contributed by atoms with E-state index in [4.69, 9.17) is 11.6 Å². The molecule has 0 radical (unpaired) electrons. The van der Waals surface area contributed by atoms with Crippen molar-refractivity contribution in [3.8, 4) is 0 Å². The Morgan fingerprint density at radius 2 is 2.00 bits per heavy atom. The summed E-state index contributed by atoms with van der Waals surface area (Å²) in [5.41, 5.74) is 2.56. The average molecular weight is 277 g/mol. The van der Waals surface area contributed by atoms with Gasteiger partial charge in [-0.25, -0.2) is 0 Å². The SMILES string of the molecule is Cc1cccc(CNc2cccc(Cl)c2[N+](=O)[O-])c1. The van der Waals surface area contributed by atoms with Crippen molar-refractivity contribution in [2.24, 2.45) is 0 Å². The Kier molecular flexibility index (Phi) is 4.02. The van der Waals surface area contributed by atoms with Gasteiger partial charge in [-0.2, -0.15) is 0 Å². The number of nitrogens with one attached hydrogen (secondary N) is 1. The van der Waals surface area contributed by atoms with Gasteiger partial charge in [0.2, 0.25) is 0 Å². The second-order valence-electron chi connectivity index (χ2n) is 4.24. The number of hydrogen-bond acceptors (Lipinski definition) is 3. The predicted molar refractivity (Wildman–Crippen MR) is 76.6 cm³/mol. The minimum absolute atomic E-state index is 0.0863. The maximum atomic E-state index is 11.0. The monoisotopic (exact) mass is 276 g/mol. The number of nitrogens with zero attached hydrogens (tertiary/aromatic N) is 1. The van der Waals surface area contributed by atoms with E-state index in [9.17, 15) is 10.1 Å². The maximum absolute atomic E-state index is 11.0. The smallest absolute Gasteiger partial charge is 0.310 e. The summed E-state index contributed by atoms with van der Waals surface area (Å²) < 4.78 is 0. The topological polar surface area (TPSA) is 55.2 Å². The molecule has 5 heteroatoms. The normalized spacial score (nSPS) is 10.2. The van der Waals surface area contributed by atoms with Crippen LogP contribution in [-0.4, -0.2) is 4.92 Å². The first kappa shape index (κ1) is 13.4. The number of hydrogen-bond donors (Lipinski definition) is 1. The van der Waals surface area contributed by atoms with E-state index < -0.39 is 4.92 Å². The Balaban J connectivity index is 2.20. The highest BCUT2D eigenvalue weighted by atomic mass is 35.5. The van der Waals surface area contributed by atoms with Gasteiger partial charge in [0.15, 0.2) is 0 Å². The van der Waals surface area contributed by atoms with Crippen LogP contribution in [0.1, 0.15) is 11.1 Å². The maximum Gasteiger partial charge on any atom is 0.310 e. The van der Waals surface area contributed by atoms with Crippen LogP contribution in [-0.2, 0) is 6.54 Å². The van der Waals surface area contributed by atoms with E-state index in [0.717, 1.165) is 11.1 Å². The molecule has 1 N–H and O–H groups in total. The summed E-state index contributed by atoms with van der Waals surface area (Å²) in [6.45, 7) is 2.52. The van der Waals surface area contributed by atoms with Crippen LogP contribution in [0.5, 0.6) is 0 Å². The zero-order valence-corrected chi connectivity index (χ0v) is 11.1. The Hall–Kier alpha value is -2.07. The quantitative estimate of drug-likeness (QED) is 0.673. The molecule has 0 saturated heterocycles. The van der Waals surface area contributed by atoms with Crippen molar-refractivity contribution in [3.05, 3.63) is 68.7 Å². The second-order valence-corrected chi connectivity index (χ2v) is 4.64. The summed E-state index contributed by atoms with van der Waals surface area (Å²) in [5, 5.41) is 14.2. The van der Waals surface area contributed by atoms with Gasteiger partial charge in [0.05, 0.1) is 4.92 Å². The number of anilines is 1. The third-order valence-corrected chi connectivity index (χ3v) is 3.04. The molecule has 0 atom stereocenters. The molecule has 0 amide bonds. The van der Waals surface area contributed by atoms with Crippen LogP contribution in [0.2, 0.25) is 5.02 Å². The van der Waals surface area contributed by atoms with E-state index in [1.54, 1.807) is 12.1 Å². The molecule has 2 aromatic carbocycles. The van der Waals surface area contributed by atoms with Crippen molar-refractivity contribution in [2.75, 3.05) is 5.32 Å². The Morgan fingerprint density at radius 1 is 1.26 bits per heavy atom. The number of benzene rings is 2. The molecular formula is C14H13ClN2O2. The van der Waals surface area contributed by atoms with Gasteiger partial charge in [0, 0.05) is 6.54 Å². The first-order chi connectivity index (χ1) is 9.08. The van der Waals surface area contributed by atoms with Crippen molar-refractivity contribution < 1.29 is 4.92 Å².